The van der Waals surface area contributed by atoms with E-state index in [0.29, 0.717) is 18.5 Å². The Kier molecular flexibility index (Phi) is 6.75. The van der Waals surface area contributed by atoms with Crippen molar-refractivity contribution in [1.82, 2.24) is 14.5 Å². The van der Waals surface area contributed by atoms with Crippen molar-refractivity contribution in [2.24, 2.45) is 0 Å². The molecule has 2 aliphatic rings. The summed E-state index contributed by atoms with van der Waals surface area (Å²) in [6.07, 6.45) is 5.68. The predicted molar refractivity (Wildman–Crippen MR) is 149 cm³/mol. The van der Waals surface area contributed by atoms with E-state index in [4.69, 9.17) is 4.98 Å². The second kappa shape index (κ2) is 10.5. The van der Waals surface area contributed by atoms with Crippen molar-refractivity contribution in [2.75, 3.05) is 6.54 Å². The van der Waals surface area contributed by atoms with Gasteiger partial charge in [0.2, 0.25) is 0 Å². The van der Waals surface area contributed by atoms with Crippen LogP contribution in [0.4, 0.5) is 0 Å². The molecule has 4 heteroatoms. The maximum Gasteiger partial charge on any atom is 0.259 e. The zero-order valence-corrected chi connectivity index (χ0v) is 21.6. The number of fused-ring (bicyclic) bond motifs is 1. The predicted octanol–water partition coefficient (Wildman–Crippen LogP) is 6.27. The summed E-state index contributed by atoms with van der Waals surface area (Å²) in [5.74, 6) is 1.45. The number of hydrogen-bond donors (Lipinski definition) is 0. The minimum absolute atomic E-state index is 0.114. The second-order valence-corrected chi connectivity index (χ2v) is 10.6. The first-order valence-corrected chi connectivity index (χ1v) is 13.7. The maximum atomic E-state index is 14.2. The third-order valence-corrected chi connectivity index (χ3v) is 8.44. The van der Waals surface area contributed by atoms with Gasteiger partial charge < -0.3 is 0 Å². The summed E-state index contributed by atoms with van der Waals surface area (Å²) < 4.78 is 1.93. The van der Waals surface area contributed by atoms with Crippen molar-refractivity contribution in [3.63, 3.8) is 0 Å². The number of rotatable bonds is 5. The molecule has 0 amide bonds. The van der Waals surface area contributed by atoms with E-state index in [9.17, 15) is 4.79 Å². The largest absolute Gasteiger partial charge is 0.295 e. The maximum absolute atomic E-state index is 14.2. The topological polar surface area (TPSA) is 38.1 Å². The molecule has 3 aromatic carbocycles. The third-order valence-electron chi connectivity index (χ3n) is 8.44. The van der Waals surface area contributed by atoms with Gasteiger partial charge in [0, 0.05) is 25.6 Å². The van der Waals surface area contributed by atoms with Gasteiger partial charge in [-0.25, -0.2) is 4.98 Å². The first-order chi connectivity index (χ1) is 18.2. The van der Waals surface area contributed by atoms with E-state index in [-0.39, 0.29) is 11.6 Å². The summed E-state index contributed by atoms with van der Waals surface area (Å²) >= 11 is 0. The molecular weight excluding hydrogens is 454 g/mol. The number of aryl methyl sites for hydroxylation is 1. The zero-order chi connectivity index (χ0) is 25.2. The van der Waals surface area contributed by atoms with Crippen LogP contribution in [0.1, 0.15) is 71.4 Å². The van der Waals surface area contributed by atoms with E-state index in [2.05, 4.69) is 59.5 Å². The number of nitrogens with zero attached hydrogens (tertiary/aromatic N) is 3. The Hall–Kier alpha value is -3.50. The lowest BCUT2D eigenvalue weighted by molar-refractivity contribution is 0.132. The summed E-state index contributed by atoms with van der Waals surface area (Å²) in [5.41, 5.74) is 5.68. The smallest absolute Gasteiger partial charge is 0.259 e. The van der Waals surface area contributed by atoms with Crippen LogP contribution in [0.5, 0.6) is 0 Å². The lowest BCUT2D eigenvalue weighted by Crippen LogP contribution is -2.45. The molecule has 6 rings (SSSR count). The molecule has 1 aliphatic heterocycles. The molecule has 0 radical (unpaired) electrons. The lowest BCUT2D eigenvalue weighted by atomic mass is 9.81. The van der Waals surface area contributed by atoms with Gasteiger partial charge in [0.05, 0.1) is 17.3 Å². The van der Waals surface area contributed by atoms with Crippen LogP contribution >= 0.6 is 0 Å². The molecule has 1 aromatic heterocycles. The van der Waals surface area contributed by atoms with E-state index < -0.39 is 0 Å². The van der Waals surface area contributed by atoms with Gasteiger partial charge in [-0.15, -0.1) is 0 Å². The Morgan fingerprint density at radius 1 is 0.784 bits per heavy atom. The first-order valence-electron chi connectivity index (χ1n) is 13.7. The van der Waals surface area contributed by atoms with Crippen molar-refractivity contribution >= 4 is 0 Å². The molecule has 4 aromatic rings. The molecule has 0 spiro atoms. The highest BCUT2D eigenvalue weighted by Gasteiger charge is 2.32. The van der Waals surface area contributed by atoms with Gasteiger partial charge in [-0.05, 0) is 55.2 Å². The quantitative estimate of drug-likeness (QED) is 0.331. The van der Waals surface area contributed by atoms with Crippen LogP contribution in [0, 0.1) is 6.92 Å². The van der Waals surface area contributed by atoms with Gasteiger partial charge in [-0.2, -0.15) is 0 Å². The number of benzene rings is 3. The van der Waals surface area contributed by atoms with E-state index in [0.717, 1.165) is 41.2 Å². The van der Waals surface area contributed by atoms with Gasteiger partial charge in [0.15, 0.2) is 0 Å². The molecule has 2 heterocycles. The highest BCUT2D eigenvalue weighted by atomic mass is 16.1. The molecule has 0 atom stereocenters. The van der Waals surface area contributed by atoms with E-state index >= 15 is 0 Å². The molecule has 1 saturated carbocycles. The molecule has 0 bridgehead atoms. The lowest BCUT2D eigenvalue weighted by Gasteiger charge is -2.39. The minimum Gasteiger partial charge on any atom is -0.295 e. The van der Waals surface area contributed by atoms with Crippen molar-refractivity contribution in [3.05, 3.63) is 135 Å². The average molecular weight is 490 g/mol. The Labute approximate surface area is 219 Å². The highest BCUT2D eigenvalue weighted by Crippen LogP contribution is 2.36. The van der Waals surface area contributed by atoms with Crippen LogP contribution in [0.15, 0.2) is 95.8 Å². The molecule has 0 unspecified atom stereocenters. The van der Waals surface area contributed by atoms with Crippen LogP contribution in [-0.2, 0) is 13.0 Å². The van der Waals surface area contributed by atoms with Crippen LogP contribution in [0.25, 0.3) is 0 Å². The van der Waals surface area contributed by atoms with Crippen LogP contribution in [0.2, 0.25) is 0 Å². The van der Waals surface area contributed by atoms with Crippen LogP contribution in [-0.4, -0.2) is 27.0 Å². The molecular formula is C33H35N3O. The Morgan fingerprint density at radius 2 is 1.35 bits per heavy atom. The van der Waals surface area contributed by atoms with Crippen molar-refractivity contribution in [3.8, 4) is 0 Å². The van der Waals surface area contributed by atoms with Crippen LogP contribution < -0.4 is 5.56 Å². The molecule has 4 nitrogen and oxygen atoms in total. The van der Waals surface area contributed by atoms with Crippen LogP contribution in [0.3, 0.4) is 0 Å². The van der Waals surface area contributed by atoms with Gasteiger partial charge >= 0.3 is 0 Å². The van der Waals surface area contributed by atoms with E-state index in [1.807, 2.05) is 47.9 Å². The summed E-state index contributed by atoms with van der Waals surface area (Å²) in [6, 6.07) is 32.0. The van der Waals surface area contributed by atoms with Gasteiger partial charge in [-0.3, -0.25) is 14.3 Å². The summed E-state index contributed by atoms with van der Waals surface area (Å²) in [6.45, 7) is 3.68. The van der Waals surface area contributed by atoms with Crippen molar-refractivity contribution in [2.45, 2.75) is 63.6 Å². The number of aromatic nitrogens is 2. The molecule has 188 valence electrons. The Balaban J connectivity index is 1.29. The summed E-state index contributed by atoms with van der Waals surface area (Å²) in [4.78, 5) is 21.8. The highest BCUT2D eigenvalue weighted by molar-refractivity contribution is 5.35. The van der Waals surface area contributed by atoms with Crippen molar-refractivity contribution in [1.29, 1.82) is 0 Å². The summed E-state index contributed by atoms with van der Waals surface area (Å²) in [7, 11) is 0. The van der Waals surface area contributed by atoms with Crippen molar-refractivity contribution < 1.29 is 0 Å². The normalized spacial score (nSPS) is 20.1. The standard InChI is InChI=1S/C33H35N3O/c1-24-34-31-21-22-35(29-19-17-26(18-20-29)25-11-5-2-6-12-25)23-30(31)33(37)36(24)32(27-13-7-3-8-14-27)28-15-9-4-10-16-28/h2-16,26,29,32H,17-23H2,1H3. The fraction of sp³-hybridized carbons (Fsp3) is 0.333. The molecule has 37 heavy (non-hydrogen) atoms. The second-order valence-electron chi connectivity index (χ2n) is 10.6. The van der Waals surface area contributed by atoms with E-state index in [1.165, 1.54) is 31.2 Å². The third kappa shape index (κ3) is 4.78. The molecule has 1 aliphatic carbocycles. The SMILES string of the molecule is Cc1nc2c(c(=O)n1C(c1ccccc1)c1ccccc1)CN(C1CCC(c3ccccc3)CC1)CC2. The Bertz CT molecular complexity index is 1350. The molecule has 0 saturated heterocycles. The van der Waals surface area contributed by atoms with E-state index in [1.54, 1.807) is 0 Å². The minimum atomic E-state index is -0.190. The molecule has 1 fully saturated rings. The van der Waals surface area contributed by atoms with Gasteiger partial charge in [0.25, 0.3) is 5.56 Å². The molecule has 0 N–H and O–H groups in total. The first kappa shape index (κ1) is 23.9. The fourth-order valence-electron chi connectivity index (χ4n) is 6.51. The monoisotopic (exact) mass is 489 g/mol. The zero-order valence-electron chi connectivity index (χ0n) is 21.6. The average Bonchev–Trinajstić information content (AvgIpc) is 2.96. The summed E-state index contributed by atoms with van der Waals surface area (Å²) in [5, 5.41) is 0. The Morgan fingerprint density at radius 3 is 1.95 bits per heavy atom. The van der Waals surface area contributed by atoms with Gasteiger partial charge in [0.1, 0.15) is 5.82 Å². The number of hydrogen-bond acceptors (Lipinski definition) is 3. The van der Waals surface area contributed by atoms with Gasteiger partial charge in [-0.1, -0.05) is 91.0 Å². The fourth-order valence-corrected chi connectivity index (χ4v) is 6.51.